The molecule has 0 aliphatic heterocycles. The molecule has 0 aliphatic carbocycles. The zero-order valence-corrected chi connectivity index (χ0v) is 24.9. The predicted molar refractivity (Wildman–Crippen MR) is 152 cm³/mol. The molecule has 3 aromatic carbocycles. The van der Waals surface area contributed by atoms with Crippen LogP contribution >= 0.6 is 11.6 Å². The Labute approximate surface area is 247 Å². The van der Waals surface area contributed by atoms with Gasteiger partial charge in [0.2, 0.25) is 12.0 Å². The third-order valence-electron chi connectivity index (χ3n) is 5.88. The van der Waals surface area contributed by atoms with E-state index >= 15 is 0 Å². The maximum Gasteiger partial charge on any atom is 0.319 e. The Morgan fingerprint density at radius 1 is 0.929 bits per heavy atom. The summed E-state index contributed by atoms with van der Waals surface area (Å²) in [6.07, 6.45) is 3.54. The van der Waals surface area contributed by atoms with Crippen LogP contribution in [0.5, 0.6) is 5.75 Å². The third-order valence-corrected chi connectivity index (χ3v) is 7.96. The highest BCUT2D eigenvalue weighted by molar-refractivity contribution is 7.86. The van der Waals surface area contributed by atoms with E-state index in [1.807, 2.05) is 0 Å². The second kappa shape index (κ2) is 13.0. The lowest BCUT2D eigenvalue weighted by atomic mass is 9.87. The van der Waals surface area contributed by atoms with Gasteiger partial charge in [-0.2, -0.15) is 16.8 Å². The molecular formula is C27H27ClN2O10S2. The molecule has 0 aliphatic rings. The number of halogens is 1. The lowest BCUT2D eigenvalue weighted by Crippen LogP contribution is -2.41. The van der Waals surface area contributed by atoms with Crippen molar-refractivity contribution >= 4 is 54.4 Å². The Balaban J connectivity index is 0.000000240. The minimum Gasteiger partial charge on any atom is -0.465 e. The number of imidazole rings is 1. The highest BCUT2D eigenvalue weighted by Crippen LogP contribution is 2.30. The van der Waals surface area contributed by atoms with Crippen molar-refractivity contribution in [3.8, 4) is 5.75 Å². The fourth-order valence-corrected chi connectivity index (χ4v) is 5.26. The Morgan fingerprint density at radius 2 is 1.45 bits per heavy atom. The number of ketones is 1. The van der Waals surface area contributed by atoms with Crippen molar-refractivity contribution < 1.29 is 45.0 Å². The van der Waals surface area contributed by atoms with Gasteiger partial charge in [-0.1, -0.05) is 35.9 Å². The molecule has 2 N–H and O–H groups in total. The lowest BCUT2D eigenvalue weighted by Gasteiger charge is -2.27. The number of benzene rings is 3. The van der Waals surface area contributed by atoms with E-state index in [-0.39, 0.29) is 17.4 Å². The third kappa shape index (κ3) is 7.72. The number of aromatic nitrogens is 2. The predicted octanol–water partition coefficient (Wildman–Crippen LogP) is 4.61. The van der Waals surface area contributed by atoms with Crippen LogP contribution in [-0.2, 0) is 34.6 Å². The zero-order chi connectivity index (χ0) is 31.3. The van der Waals surface area contributed by atoms with E-state index in [2.05, 4.69) is 4.98 Å². The molecule has 0 amide bonds. The fourth-order valence-electron chi connectivity index (χ4n) is 3.72. The second-order valence-electron chi connectivity index (χ2n) is 9.20. The maximum absolute atomic E-state index is 13.0. The Kier molecular flexibility index (Phi) is 10.1. The normalized spacial score (nSPS) is 12.6. The number of hydrogen-bond donors (Lipinski definition) is 2. The molecule has 0 saturated carbocycles. The number of fused-ring (bicyclic) bond motifs is 1. The van der Waals surface area contributed by atoms with E-state index in [1.165, 1.54) is 55.2 Å². The van der Waals surface area contributed by atoms with Crippen molar-refractivity contribution in [3.63, 3.8) is 0 Å². The summed E-state index contributed by atoms with van der Waals surface area (Å²) >= 11 is 5.86. The van der Waals surface area contributed by atoms with Gasteiger partial charge in [-0.25, -0.2) is 4.98 Å². The van der Waals surface area contributed by atoms with Crippen molar-refractivity contribution in [2.24, 2.45) is 5.41 Å². The fraction of sp³-hybridized carbons (Fsp3) is 0.222. The van der Waals surface area contributed by atoms with Crippen LogP contribution in [0.4, 0.5) is 0 Å². The summed E-state index contributed by atoms with van der Waals surface area (Å²) in [5, 5.41) is 0.602. The van der Waals surface area contributed by atoms with E-state index in [1.54, 1.807) is 37.4 Å². The van der Waals surface area contributed by atoms with Crippen LogP contribution in [0.3, 0.4) is 0 Å². The minimum absolute atomic E-state index is 0.0233. The van der Waals surface area contributed by atoms with Crippen molar-refractivity contribution in [1.82, 2.24) is 9.55 Å². The molecule has 0 spiro atoms. The number of esters is 1. The summed E-state index contributed by atoms with van der Waals surface area (Å²) in [6, 6.07) is 14.1. The van der Waals surface area contributed by atoms with Gasteiger partial charge < -0.3 is 9.47 Å². The number of Topliss-reactive ketones (excluding diaryl/α,β-unsaturated/α-hetero) is 1. The number of rotatable bonds is 9. The topological polar surface area (TPSA) is 179 Å². The first kappa shape index (κ1) is 32.7. The van der Waals surface area contributed by atoms with Crippen molar-refractivity contribution in [2.75, 3.05) is 6.61 Å². The number of hydrogen-bond acceptors (Lipinski definition) is 9. The van der Waals surface area contributed by atoms with Crippen LogP contribution in [-0.4, -0.2) is 53.9 Å². The van der Waals surface area contributed by atoms with Crippen LogP contribution in [0, 0.1) is 5.41 Å². The van der Waals surface area contributed by atoms with Gasteiger partial charge in [0.15, 0.2) is 0 Å². The Bertz CT molecular complexity index is 1720. The number of carbonyl (C=O) groups is 2. The molecule has 1 aromatic heterocycles. The largest absolute Gasteiger partial charge is 0.465 e. The molecule has 1 heterocycles. The highest BCUT2D eigenvalue weighted by Gasteiger charge is 2.43. The van der Waals surface area contributed by atoms with Crippen LogP contribution in [0.2, 0.25) is 5.02 Å². The van der Waals surface area contributed by atoms with E-state index in [0.717, 1.165) is 12.1 Å². The highest BCUT2D eigenvalue weighted by atomic mass is 35.5. The smallest absolute Gasteiger partial charge is 0.319 e. The van der Waals surface area contributed by atoms with E-state index < -0.39 is 53.4 Å². The van der Waals surface area contributed by atoms with Gasteiger partial charge in [-0.3, -0.25) is 23.3 Å². The first-order valence-corrected chi connectivity index (χ1v) is 15.4. The van der Waals surface area contributed by atoms with Crippen molar-refractivity contribution in [3.05, 3.63) is 84.4 Å². The summed E-state index contributed by atoms with van der Waals surface area (Å²) in [5.41, 5.74) is -1.36. The second-order valence-corrected chi connectivity index (χ2v) is 12.4. The first-order chi connectivity index (χ1) is 19.6. The molecule has 0 saturated heterocycles. The first-order valence-electron chi connectivity index (χ1n) is 12.1. The molecule has 12 nitrogen and oxygen atoms in total. The monoisotopic (exact) mass is 638 g/mol. The van der Waals surface area contributed by atoms with E-state index in [0.29, 0.717) is 10.8 Å². The Hall–Kier alpha value is -3.82. The SMILES string of the molecule is CCOC(=O)C(C)(C)C(=O)C(Oc1ccc(Cl)cc1)n1ccnc1.O=S(=O)(O)c1cccc2c(S(=O)(=O)O)cccc12. The summed E-state index contributed by atoms with van der Waals surface area (Å²) in [5.74, 6) is -0.583. The van der Waals surface area contributed by atoms with Crippen molar-refractivity contribution in [1.29, 1.82) is 0 Å². The molecule has 0 bridgehead atoms. The van der Waals surface area contributed by atoms with Crippen LogP contribution in [0.25, 0.3) is 10.8 Å². The molecule has 4 rings (SSSR count). The molecule has 0 fully saturated rings. The van der Waals surface area contributed by atoms with Crippen LogP contribution in [0.15, 0.2) is 89.2 Å². The van der Waals surface area contributed by atoms with Gasteiger partial charge in [-0.15, -0.1) is 0 Å². The van der Waals surface area contributed by atoms with Crippen molar-refractivity contribution in [2.45, 2.75) is 36.8 Å². The zero-order valence-electron chi connectivity index (χ0n) is 22.5. The summed E-state index contributed by atoms with van der Waals surface area (Å²) in [4.78, 5) is 28.2. The number of carbonyl (C=O) groups excluding carboxylic acids is 2. The number of ether oxygens (including phenoxy) is 2. The molecule has 0 radical (unpaired) electrons. The molecule has 4 aromatic rings. The minimum atomic E-state index is -4.47. The van der Waals surface area contributed by atoms with Gasteiger partial charge in [-0.05, 0) is 57.2 Å². The number of nitrogens with zero attached hydrogens (tertiary/aromatic N) is 2. The van der Waals surface area contributed by atoms with E-state index in [9.17, 15) is 26.4 Å². The average Bonchev–Trinajstić information content (AvgIpc) is 3.46. The molecule has 1 unspecified atom stereocenters. The molecule has 1 atom stereocenters. The molecular weight excluding hydrogens is 612 g/mol. The lowest BCUT2D eigenvalue weighted by molar-refractivity contribution is -0.161. The van der Waals surface area contributed by atoms with Gasteiger partial charge >= 0.3 is 5.97 Å². The summed E-state index contributed by atoms with van der Waals surface area (Å²) < 4.78 is 75.0. The summed E-state index contributed by atoms with van der Waals surface area (Å²) in [6.45, 7) is 4.92. The maximum atomic E-state index is 13.0. The van der Waals surface area contributed by atoms with Gasteiger partial charge in [0.25, 0.3) is 20.2 Å². The average molecular weight is 639 g/mol. The molecule has 15 heteroatoms. The quantitative estimate of drug-likeness (QED) is 0.149. The molecule has 42 heavy (non-hydrogen) atoms. The van der Waals surface area contributed by atoms with Gasteiger partial charge in [0.05, 0.1) is 12.9 Å². The van der Waals surface area contributed by atoms with E-state index in [4.69, 9.17) is 30.2 Å². The van der Waals surface area contributed by atoms with Crippen LogP contribution < -0.4 is 4.74 Å². The van der Waals surface area contributed by atoms with Crippen LogP contribution in [0.1, 0.15) is 27.0 Å². The molecule has 224 valence electrons. The standard InChI is InChI=1S/C17H19ClN2O4.C10H8O6S2/c1-4-23-16(22)17(2,3)14(21)15(20-10-9-19-11-20)24-13-7-5-12(18)6-8-13;11-17(12,13)9-5-1-3-7-8(9)4-2-6-10(7)18(14,15)16/h5-11,15H,4H2,1-3H3;1-6H,(H,11,12,13)(H,14,15,16). The van der Waals surface area contributed by atoms with Gasteiger partial charge in [0, 0.05) is 28.2 Å². The Morgan fingerprint density at radius 3 is 1.88 bits per heavy atom. The summed E-state index contributed by atoms with van der Waals surface area (Å²) in [7, 11) is -8.94. The van der Waals surface area contributed by atoms with Gasteiger partial charge in [0.1, 0.15) is 21.0 Å².